The minimum atomic E-state index is -2.87. The molecule has 0 rings (SSSR count). The Morgan fingerprint density at radius 2 is 1.95 bits per heavy atom. The number of rotatable bonds is 12. The summed E-state index contributed by atoms with van der Waals surface area (Å²) < 4.78 is 21.9. The Morgan fingerprint density at radius 3 is 2.45 bits per heavy atom. The fourth-order valence-electron chi connectivity index (χ4n) is 1.67. The average molecular weight is 325 g/mol. The van der Waals surface area contributed by atoms with Crippen molar-refractivity contribution in [1.82, 2.24) is 5.32 Å². The third kappa shape index (κ3) is 9.61. The van der Waals surface area contributed by atoms with Gasteiger partial charge in [0.15, 0.2) is 0 Å². The highest BCUT2D eigenvalue weighted by molar-refractivity contribution is 8.00. The number of sulfone groups is 1. The maximum Gasteiger partial charge on any atom is 0.323 e. The third-order valence-corrected chi connectivity index (χ3v) is 5.33. The van der Waals surface area contributed by atoms with Crippen molar-refractivity contribution in [1.29, 1.82) is 0 Å². The Hall–Kier alpha value is -0.270. The van der Waals surface area contributed by atoms with Crippen LogP contribution in [0.3, 0.4) is 0 Å². The largest absolute Gasteiger partial charge is 0.480 e. The Labute approximate surface area is 126 Å². The van der Waals surface area contributed by atoms with Crippen LogP contribution in [0, 0.1) is 0 Å². The van der Waals surface area contributed by atoms with Crippen LogP contribution in [-0.2, 0) is 14.6 Å². The van der Waals surface area contributed by atoms with Crippen LogP contribution in [0.15, 0.2) is 0 Å². The number of nitrogens with one attached hydrogen (secondary N) is 1. The summed E-state index contributed by atoms with van der Waals surface area (Å²) in [5, 5.41) is 12.3. The number of thioether (sulfide) groups is 1. The number of aliphatic carboxylic acids is 1. The Kier molecular flexibility index (Phi) is 9.50. The zero-order valence-corrected chi connectivity index (χ0v) is 14.3. The monoisotopic (exact) mass is 325 g/mol. The number of carboxylic acids is 1. The standard InChI is InChI=1S/C13H27NO4S2/c1-4-8-14-13(2,12(15)16)7-5-6-9-19-10-11-20(3,17)18/h14H,4-11H2,1-3H3,(H,15,16). The minimum Gasteiger partial charge on any atom is -0.480 e. The van der Waals surface area contributed by atoms with Gasteiger partial charge in [-0.15, -0.1) is 0 Å². The molecule has 5 nitrogen and oxygen atoms in total. The lowest BCUT2D eigenvalue weighted by Crippen LogP contribution is -2.49. The lowest BCUT2D eigenvalue weighted by Gasteiger charge is -2.26. The van der Waals surface area contributed by atoms with Crippen LogP contribution in [-0.4, -0.2) is 55.1 Å². The van der Waals surface area contributed by atoms with Crippen LogP contribution in [0.1, 0.15) is 39.5 Å². The summed E-state index contributed by atoms with van der Waals surface area (Å²) in [7, 11) is -2.87. The molecule has 0 heterocycles. The summed E-state index contributed by atoms with van der Waals surface area (Å²) >= 11 is 1.61. The lowest BCUT2D eigenvalue weighted by atomic mass is 9.95. The van der Waals surface area contributed by atoms with Gasteiger partial charge in [0, 0.05) is 12.0 Å². The topological polar surface area (TPSA) is 83.5 Å². The van der Waals surface area contributed by atoms with Crippen molar-refractivity contribution in [2.75, 3.05) is 30.1 Å². The number of unbranched alkanes of at least 4 members (excludes halogenated alkanes) is 1. The number of carbonyl (C=O) groups is 1. The number of hydrogen-bond acceptors (Lipinski definition) is 5. The van der Waals surface area contributed by atoms with Gasteiger partial charge in [0.2, 0.25) is 0 Å². The molecule has 0 saturated carbocycles. The molecule has 0 aromatic carbocycles. The maximum atomic E-state index is 11.3. The van der Waals surface area contributed by atoms with Crippen molar-refractivity contribution < 1.29 is 18.3 Å². The van der Waals surface area contributed by atoms with Gasteiger partial charge in [0.05, 0.1) is 5.75 Å². The molecular weight excluding hydrogens is 298 g/mol. The molecule has 120 valence electrons. The van der Waals surface area contributed by atoms with Crippen molar-refractivity contribution >= 4 is 27.6 Å². The highest BCUT2D eigenvalue weighted by atomic mass is 32.2. The molecule has 0 amide bonds. The third-order valence-electron chi connectivity index (χ3n) is 3.05. The average Bonchev–Trinajstić information content (AvgIpc) is 2.33. The van der Waals surface area contributed by atoms with Crippen LogP contribution in [0.2, 0.25) is 0 Å². The number of hydrogen-bond donors (Lipinski definition) is 2. The highest BCUT2D eigenvalue weighted by Gasteiger charge is 2.31. The molecule has 0 bridgehead atoms. The van der Waals surface area contributed by atoms with E-state index in [-0.39, 0.29) is 5.75 Å². The smallest absolute Gasteiger partial charge is 0.323 e. The molecule has 0 fully saturated rings. The molecule has 20 heavy (non-hydrogen) atoms. The molecule has 0 saturated heterocycles. The van der Waals surface area contributed by atoms with E-state index in [0.29, 0.717) is 18.7 Å². The van der Waals surface area contributed by atoms with Crippen LogP contribution in [0.5, 0.6) is 0 Å². The zero-order chi connectivity index (χ0) is 15.6. The van der Waals surface area contributed by atoms with Crippen LogP contribution < -0.4 is 5.32 Å². The normalized spacial score (nSPS) is 14.9. The quantitative estimate of drug-likeness (QED) is 0.532. The summed E-state index contributed by atoms with van der Waals surface area (Å²) in [5.41, 5.74) is -0.854. The lowest BCUT2D eigenvalue weighted by molar-refractivity contribution is -0.144. The molecule has 1 unspecified atom stereocenters. The minimum absolute atomic E-state index is 0.211. The van der Waals surface area contributed by atoms with E-state index in [1.807, 2.05) is 6.92 Å². The Bertz CT molecular complexity index is 384. The molecule has 2 N–H and O–H groups in total. The molecule has 1 atom stereocenters. The Balaban J connectivity index is 3.82. The summed E-state index contributed by atoms with van der Waals surface area (Å²) in [6.07, 6.45) is 4.47. The summed E-state index contributed by atoms with van der Waals surface area (Å²) in [5.74, 6) is 0.890. The van der Waals surface area contributed by atoms with Crippen molar-refractivity contribution in [3.05, 3.63) is 0 Å². The van der Waals surface area contributed by atoms with Gasteiger partial charge >= 0.3 is 5.97 Å². The second-order valence-electron chi connectivity index (χ2n) is 5.26. The molecule has 0 aromatic heterocycles. The first-order chi connectivity index (χ1) is 9.21. The van der Waals surface area contributed by atoms with Gasteiger partial charge in [-0.3, -0.25) is 4.79 Å². The second kappa shape index (κ2) is 9.63. The van der Waals surface area contributed by atoms with Crippen molar-refractivity contribution in [2.45, 2.75) is 45.1 Å². The van der Waals surface area contributed by atoms with Gasteiger partial charge in [-0.05, 0) is 38.5 Å². The van der Waals surface area contributed by atoms with Gasteiger partial charge in [-0.25, -0.2) is 8.42 Å². The summed E-state index contributed by atoms with van der Waals surface area (Å²) in [6, 6.07) is 0. The Morgan fingerprint density at radius 1 is 1.30 bits per heavy atom. The first kappa shape index (κ1) is 19.7. The second-order valence-corrected chi connectivity index (χ2v) is 8.75. The van der Waals surface area contributed by atoms with E-state index in [1.165, 1.54) is 6.26 Å². The van der Waals surface area contributed by atoms with E-state index >= 15 is 0 Å². The maximum absolute atomic E-state index is 11.3. The van der Waals surface area contributed by atoms with Crippen LogP contribution in [0.4, 0.5) is 0 Å². The zero-order valence-electron chi connectivity index (χ0n) is 12.6. The van der Waals surface area contributed by atoms with Gasteiger partial charge in [-0.1, -0.05) is 13.3 Å². The molecule has 0 aromatic rings. The predicted octanol–water partition coefficient (Wildman–Crippen LogP) is 1.78. The summed E-state index contributed by atoms with van der Waals surface area (Å²) in [4.78, 5) is 11.3. The molecule has 7 heteroatoms. The van der Waals surface area contributed by atoms with E-state index in [2.05, 4.69) is 5.32 Å². The van der Waals surface area contributed by atoms with E-state index in [4.69, 9.17) is 0 Å². The highest BCUT2D eigenvalue weighted by Crippen LogP contribution is 2.16. The molecule has 0 aliphatic rings. The van der Waals surface area contributed by atoms with E-state index in [1.54, 1.807) is 18.7 Å². The van der Waals surface area contributed by atoms with Crippen molar-refractivity contribution in [2.24, 2.45) is 0 Å². The summed E-state index contributed by atoms with van der Waals surface area (Å²) in [6.45, 7) is 4.43. The van der Waals surface area contributed by atoms with Crippen LogP contribution in [0.25, 0.3) is 0 Å². The molecule has 0 aliphatic carbocycles. The first-order valence-corrected chi connectivity index (χ1v) is 10.2. The molecular formula is C13H27NO4S2. The van der Waals surface area contributed by atoms with E-state index < -0.39 is 21.3 Å². The van der Waals surface area contributed by atoms with Crippen molar-refractivity contribution in [3.8, 4) is 0 Å². The van der Waals surface area contributed by atoms with Crippen LogP contribution >= 0.6 is 11.8 Å². The fraction of sp³-hybridized carbons (Fsp3) is 0.923. The molecule has 0 aliphatic heterocycles. The SMILES string of the molecule is CCCNC(C)(CCCCSCCS(C)(=O)=O)C(=O)O. The number of carboxylic acid groups (broad SMARTS) is 1. The van der Waals surface area contributed by atoms with Crippen molar-refractivity contribution in [3.63, 3.8) is 0 Å². The van der Waals surface area contributed by atoms with Gasteiger partial charge in [0.25, 0.3) is 0 Å². The molecule has 0 spiro atoms. The van der Waals surface area contributed by atoms with E-state index in [9.17, 15) is 18.3 Å². The van der Waals surface area contributed by atoms with Gasteiger partial charge in [-0.2, -0.15) is 11.8 Å². The molecule has 0 radical (unpaired) electrons. The first-order valence-electron chi connectivity index (χ1n) is 6.95. The van der Waals surface area contributed by atoms with Gasteiger partial charge in [0.1, 0.15) is 15.4 Å². The predicted molar refractivity (Wildman–Crippen MR) is 85.2 cm³/mol. The van der Waals surface area contributed by atoms with E-state index in [0.717, 1.165) is 25.0 Å². The fourth-order valence-corrected chi connectivity index (χ4v) is 3.96. The van der Waals surface area contributed by atoms with Gasteiger partial charge < -0.3 is 10.4 Å².